The van der Waals surface area contributed by atoms with Crippen LogP contribution in [-0.4, -0.2) is 80.6 Å². The Labute approximate surface area is 239 Å². The number of Topliss-reactive ketones (excluding diaryl/α,β-unsaturated/α-hetero) is 2. The Balaban J connectivity index is 1.36. The van der Waals surface area contributed by atoms with Crippen LogP contribution in [0.15, 0.2) is 24.3 Å². The fourth-order valence-corrected chi connectivity index (χ4v) is 6.80. The zero-order valence-corrected chi connectivity index (χ0v) is 22.9. The number of rotatable bonds is 5. The average molecular weight is 583 g/mol. The van der Waals surface area contributed by atoms with Crippen molar-refractivity contribution >= 4 is 23.5 Å². The molecule has 0 saturated carbocycles. The van der Waals surface area contributed by atoms with Crippen molar-refractivity contribution in [1.82, 2.24) is 0 Å². The van der Waals surface area contributed by atoms with Crippen molar-refractivity contribution in [2.45, 2.75) is 62.9 Å². The molecule has 4 aliphatic heterocycles. The molecule has 0 amide bonds. The lowest BCUT2D eigenvalue weighted by Gasteiger charge is -2.41. The summed E-state index contributed by atoms with van der Waals surface area (Å²) in [7, 11) is 0. The summed E-state index contributed by atoms with van der Waals surface area (Å²) >= 11 is 0. The number of fused-ring (bicyclic) bond motifs is 2. The van der Waals surface area contributed by atoms with E-state index in [2.05, 4.69) is 0 Å². The van der Waals surface area contributed by atoms with Crippen LogP contribution in [0.3, 0.4) is 0 Å². The highest BCUT2D eigenvalue weighted by Gasteiger charge is 2.55. The van der Waals surface area contributed by atoms with E-state index in [0.29, 0.717) is 0 Å². The van der Waals surface area contributed by atoms with Gasteiger partial charge in [0.05, 0.1) is 38.9 Å². The number of hydrogen-bond acceptors (Lipinski definition) is 12. The molecule has 0 radical (unpaired) electrons. The summed E-state index contributed by atoms with van der Waals surface area (Å²) in [6.45, 7) is 2.30. The number of carbonyl (C=O) groups is 4. The Morgan fingerprint density at radius 1 is 0.690 bits per heavy atom. The van der Waals surface area contributed by atoms with E-state index in [1.165, 1.54) is 24.3 Å². The largest absolute Gasteiger partial charge is 0.506 e. The molecule has 0 spiro atoms. The third-order valence-electron chi connectivity index (χ3n) is 8.77. The third kappa shape index (κ3) is 4.03. The maximum Gasteiger partial charge on any atom is 0.306 e. The van der Waals surface area contributed by atoms with Crippen LogP contribution >= 0.6 is 0 Å². The number of cyclic esters (lactones) is 2. The van der Waals surface area contributed by atoms with Crippen LogP contribution in [0.2, 0.25) is 0 Å². The number of aliphatic hydroxyl groups excluding tert-OH is 2. The summed E-state index contributed by atoms with van der Waals surface area (Å²) < 4.78 is 22.9. The molecule has 6 atom stereocenters. The molecule has 0 aliphatic carbocycles. The summed E-state index contributed by atoms with van der Waals surface area (Å²) in [5.41, 5.74) is -3.33. The Bertz CT molecular complexity index is 1420. The smallest absolute Gasteiger partial charge is 0.306 e. The number of phenols is 2. The second kappa shape index (κ2) is 9.70. The predicted molar refractivity (Wildman–Crippen MR) is 141 cm³/mol. The number of benzene rings is 2. The highest BCUT2D eigenvalue weighted by Crippen LogP contribution is 2.51. The second-order valence-corrected chi connectivity index (χ2v) is 11.7. The van der Waals surface area contributed by atoms with E-state index in [0.717, 1.165) is 0 Å². The molecule has 2 saturated heterocycles. The van der Waals surface area contributed by atoms with E-state index in [1.807, 2.05) is 0 Å². The quantitative estimate of drug-likeness (QED) is 0.377. The predicted octanol–water partition coefficient (Wildman–Crippen LogP) is 2.06. The van der Waals surface area contributed by atoms with Gasteiger partial charge in [0.1, 0.15) is 46.3 Å². The summed E-state index contributed by atoms with van der Waals surface area (Å²) in [5.74, 6) is -3.74. The molecule has 6 unspecified atom stereocenters. The average Bonchev–Trinajstić information content (AvgIpc) is 3.48. The minimum absolute atomic E-state index is 0.0264. The van der Waals surface area contributed by atoms with Crippen molar-refractivity contribution in [2.75, 3.05) is 13.2 Å². The van der Waals surface area contributed by atoms with Crippen molar-refractivity contribution < 1.29 is 58.6 Å². The molecule has 6 rings (SSSR count). The molecule has 2 fully saturated rings. The number of esters is 2. The molecule has 0 aromatic heterocycles. The van der Waals surface area contributed by atoms with Crippen molar-refractivity contribution in [3.8, 4) is 34.1 Å². The van der Waals surface area contributed by atoms with Crippen molar-refractivity contribution in [3.05, 3.63) is 35.4 Å². The normalized spacial score (nSPS) is 32.0. The van der Waals surface area contributed by atoms with Crippen LogP contribution in [-0.2, 0) is 19.1 Å². The van der Waals surface area contributed by atoms with Gasteiger partial charge < -0.3 is 39.4 Å². The molecule has 4 aliphatic rings. The fraction of sp³-hybridized carbons (Fsp3) is 0.467. The highest BCUT2D eigenvalue weighted by atomic mass is 16.6. The van der Waals surface area contributed by atoms with Crippen LogP contribution < -0.4 is 9.47 Å². The zero-order chi connectivity index (χ0) is 30.1. The Hall–Kier alpha value is -4.16. The molecule has 4 N–H and O–H groups in total. The Morgan fingerprint density at radius 2 is 1.07 bits per heavy atom. The first kappa shape index (κ1) is 28.0. The molecule has 2 aromatic rings. The molecule has 4 heterocycles. The van der Waals surface area contributed by atoms with Crippen molar-refractivity contribution in [2.24, 2.45) is 11.8 Å². The van der Waals surface area contributed by atoms with Crippen molar-refractivity contribution in [3.63, 3.8) is 0 Å². The third-order valence-corrected chi connectivity index (χ3v) is 8.77. The van der Waals surface area contributed by atoms with E-state index in [1.54, 1.807) is 13.8 Å². The molecule has 222 valence electrons. The van der Waals surface area contributed by atoms with Gasteiger partial charge >= 0.3 is 11.9 Å². The van der Waals surface area contributed by atoms with Gasteiger partial charge in [-0.05, 0) is 24.3 Å². The lowest BCUT2D eigenvalue weighted by molar-refractivity contribution is -0.156. The van der Waals surface area contributed by atoms with Gasteiger partial charge in [-0.2, -0.15) is 0 Å². The van der Waals surface area contributed by atoms with Gasteiger partial charge in [0.2, 0.25) is 0 Å². The zero-order valence-electron chi connectivity index (χ0n) is 22.9. The van der Waals surface area contributed by atoms with Crippen LogP contribution in [0.1, 0.15) is 60.2 Å². The fourth-order valence-electron chi connectivity index (χ4n) is 6.80. The molecule has 12 nitrogen and oxygen atoms in total. The standard InChI is InChI=1S/C30H30O12/c1-13-7-21(35)39-27(13)29(11-31)9-17(33)23-19(41-29)5-3-15(25(23)37)16-4-6-20-24(26(16)38)18(34)10-30(12-32,42-20)28-14(2)8-22(36)40-28/h3-6,13-14,27-28,31-32,37-38H,7-12H2,1-2H3. The van der Waals surface area contributed by atoms with Gasteiger partial charge in [0, 0.05) is 23.0 Å². The van der Waals surface area contributed by atoms with Gasteiger partial charge in [-0.1, -0.05) is 13.8 Å². The number of hydrogen-bond donors (Lipinski definition) is 4. The van der Waals surface area contributed by atoms with E-state index >= 15 is 0 Å². The summed E-state index contributed by atoms with van der Waals surface area (Å²) in [5, 5.41) is 42.9. The monoisotopic (exact) mass is 582 g/mol. The number of ether oxygens (including phenoxy) is 4. The lowest BCUT2D eigenvalue weighted by atomic mass is 9.79. The maximum atomic E-state index is 13.4. The second-order valence-electron chi connectivity index (χ2n) is 11.7. The summed E-state index contributed by atoms with van der Waals surface area (Å²) in [6, 6.07) is 5.59. The molecule has 12 heteroatoms. The summed E-state index contributed by atoms with van der Waals surface area (Å²) in [4.78, 5) is 50.5. The van der Waals surface area contributed by atoms with E-state index < -0.39 is 71.6 Å². The lowest BCUT2D eigenvalue weighted by Crippen LogP contribution is -2.56. The molecular formula is C30H30O12. The number of aliphatic hydroxyl groups is 2. The topological polar surface area (TPSA) is 186 Å². The first-order valence-corrected chi connectivity index (χ1v) is 13.7. The Kier molecular flexibility index (Phi) is 6.46. The van der Waals surface area contributed by atoms with E-state index in [4.69, 9.17) is 18.9 Å². The SMILES string of the molecule is CC1CC(=O)OC1C1(CO)CC(=O)c2c(ccc(-c3ccc4c(c3O)C(=O)CC(CO)(C3OC(=O)CC3C)O4)c2O)O1. The van der Waals surface area contributed by atoms with Crippen LogP contribution in [0.25, 0.3) is 11.1 Å². The van der Waals surface area contributed by atoms with Crippen LogP contribution in [0.4, 0.5) is 0 Å². The first-order valence-electron chi connectivity index (χ1n) is 13.7. The minimum atomic E-state index is -1.52. The van der Waals surface area contributed by atoms with E-state index in [9.17, 15) is 39.6 Å². The number of carbonyl (C=O) groups excluding carboxylic acids is 4. The van der Waals surface area contributed by atoms with E-state index in [-0.39, 0.29) is 71.3 Å². The first-order chi connectivity index (χ1) is 19.9. The molecular weight excluding hydrogens is 552 g/mol. The Morgan fingerprint density at radius 3 is 1.38 bits per heavy atom. The van der Waals surface area contributed by atoms with Crippen LogP contribution in [0.5, 0.6) is 23.0 Å². The van der Waals surface area contributed by atoms with Gasteiger partial charge in [-0.25, -0.2) is 0 Å². The van der Waals surface area contributed by atoms with Crippen molar-refractivity contribution in [1.29, 1.82) is 0 Å². The van der Waals surface area contributed by atoms with Gasteiger partial charge in [0.15, 0.2) is 22.8 Å². The summed E-state index contributed by atoms with van der Waals surface area (Å²) in [6.07, 6.45) is -2.24. The number of aromatic hydroxyl groups is 2. The van der Waals surface area contributed by atoms with Gasteiger partial charge in [-0.3, -0.25) is 19.2 Å². The molecule has 0 bridgehead atoms. The number of ketones is 2. The highest BCUT2D eigenvalue weighted by molar-refractivity contribution is 6.07. The van der Waals surface area contributed by atoms with Gasteiger partial charge in [0.25, 0.3) is 0 Å². The molecule has 42 heavy (non-hydrogen) atoms. The number of phenolic OH excluding ortho intramolecular Hbond substituents is 2. The minimum Gasteiger partial charge on any atom is -0.506 e. The van der Waals surface area contributed by atoms with Gasteiger partial charge in [-0.15, -0.1) is 0 Å². The maximum absolute atomic E-state index is 13.4. The van der Waals surface area contributed by atoms with Crippen LogP contribution in [0, 0.1) is 11.8 Å². The molecule has 2 aromatic carbocycles.